The van der Waals surface area contributed by atoms with Crippen LogP contribution < -0.4 is 10.6 Å². The molecule has 142 valence electrons. The van der Waals surface area contributed by atoms with E-state index in [2.05, 4.69) is 10.6 Å². The van der Waals surface area contributed by atoms with Crippen molar-refractivity contribution in [2.45, 2.75) is 6.92 Å². The summed E-state index contributed by atoms with van der Waals surface area (Å²) in [7, 11) is 0. The van der Waals surface area contributed by atoms with Crippen LogP contribution in [0.25, 0.3) is 0 Å². The minimum absolute atomic E-state index is 0.114. The largest absolute Gasteiger partial charge is 0.478 e. The van der Waals surface area contributed by atoms with Crippen LogP contribution in [-0.4, -0.2) is 29.6 Å². The average Bonchev–Trinajstić information content (AvgIpc) is 2.69. The topological polar surface area (TPSA) is 129 Å². The van der Waals surface area contributed by atoms with E-state index >= 15 is 0 Å². The highest BCUT2D eigenvalue weighted by molar-refractivity contribution is 6.09. The van der Waals surface area contributed by atoms with Crippen LogP contribution >= 0.6 is 0 Å². The first-order valence-electron chi connectivity index (χ1n) is 8.24. The molecule has 2 rings (SSSR count). The van der Waals surface area contributed by atoms with Crippen molar-refractivity contribution in [3.63, 3.8) is 0 Å². The number of hydrogen-bond donors (Lipinski definition) is 3. The molecular formula is C20H17N3O5. The molecule has 0 saturated carbocycles. The molecule has 0 aliphatic carbocycles. The number of anilines is 2. The number of carboxylic acid groups (broad SMARTS) is 1. The fourth-order valence-corrected chi connectivity index (χ4v) is 2.18. The molecule has 0 fully saturated rings. The predicted octanol–water partition coefficient (Wildman–Crippen LogP) is 3.02. The van der Waals surface area contributed by atoms with E-state index in [1.165, 1.54) is 42.6 Å². The number of benzene rings is 2. The van der Waals surface area contributed by atoms with Crippen molar-refractivity contribution in [1.82, 2.24) is 0 Å². The second-order valence-electron chi connectivity index (χ2n) is 5.42. The summed E-state index contributed by atoms with van der Waals surface area (Å²) in [5.41, 5.74) is 0.770. The highest BCUT2D eigenvalue weighted by atomic mass is 16.5. The van der Waals surface area contributed by atoms with E-state index in [4.69, 9.17) is 9.84 Å². The van der Waals surface area contributed by atoms with Crippen LogP contribution in [-0.2, 0) is 9.53 Å². The van der Waals surface area contributed by atoms with Gasteiger partial charge in [0, 0.05) is 11.9 Å². The molecule has 0 heterocycles. The SMILES string of the molecule is CCOC(=O)c1ccccc1NC(=O)/C(C#N)=C\Nc1ccc(C(=O)O)cc1. The van der Waals surface area contributed by atoms with E-state index in [-0.39, 0.29) is 29.0 Å². The summed E-state index contributed by atoms with van der Waals surface area (Å²) >= 11 is 0. The maximum atomic E-state index is 12.4. The van der Waals surface area contributed by atoms with Gasteiger partial charge in [-0.1, -0.05) is 12.1 Å². The zero-order valence-electron chi connectivity index (χ0n) is 14.9. The Hall–Kier alpha value is -4.12. The Labute approximate surface area is 161 Å². The van der Waals surface area contributed by atoms with Crippen molar-refractivity contribution in [3.8, 4) is 6.07 Å². The van der Waals surface area contributed by atoms with Gasteiger partial charge < -0.3 is 20.5 Å². The summed E-state index contributed by atoms with van der Waals surface area (Å²) in [5, 5.41) is 23.4. The quantitative estimate of drug-likeness (QED) is 0.383. The zero-order valence-corrected chi connectivity index (χ0v) is 14.9. The number of nitrogens with zero attached hydrogens (tertiary/aromatic N) is 1. The number of aromatic carboxylic acids is 1. The van der Waals surface area contributed by atoms with Crippen LogP contribution in [0.2, 0.25) is 0 Å². The lowest BCUT2D eigenvalue weighted by molar-refractivity contribution is -0.112. The van der Waals surface area contributed by atoms with Crippen LogP contribution in [0, 0.1) is 11.3 Å². The van der Waals surface area contributed by atoms with Gasteiger partial charge >= 0.3 is 11.9 Å². The van der Waals surface area contributed by atoms with E-state index in [0.717, 1.165) is 0 Å². The number of carbonyl (C=O) groups is 3. The highest BCUT2D eigenvalue weighted by Crippen LogP contribution is 2.17. The Morgan fingerprint density at radius 1 is 1.14 bits per heavy atom. The number of hydrogen-bond acceptors (Lipinski definition) is 6. The summed E-state index contributed by atoms with van der Waals surface area (Å²) in [6.45, 7) is 1.86. The first-order chi connectivity index (χ1) is 13.5. The number of nitrogens with one attached hydrogen (secondary N) is 2. The number of ether oxygens (including phenoxy) is 1. The fourth-order valence-electron chi connectivity index (χ4n) is 2.18. The molecule has 1 amide bonds. The number of carbonyl (C=O) groups excluding carboxylic acids is 2. The van der Waals surface area contributed by atoms with E-state index in [9.17, 15) is 19.6 Å². The molecule has 0 atom stereocenters. The van der Waals surface area contributed by atoms with Crippen molar-refractivity contribution in [3.05, 3.63) is 71.4 Å². The molecule has 0 saturated heterocycles. The second kappa shape index (κ2) is 9.54. The van der Waals surface area contributed by atoms with Gasteiger partial charge in [0.1, 0.15) is 11.6 Å². The Morgan fingerprint density at radius 2 is 1.82 bits per heavy atom. The Morgan fingerprint density at radius 3 is 2.43 bits per heavy atom. The Balaban J connectivity index is 2.14. The Bertz CT molecular complexity index is 959. The molecule has 2 aromatic rings. The van der Waals surface area contributed by atoms with Gasteiger partial charge in [-0.25, -0.2) is 9.59 Å². The summed E-state index contributed by atoms with van der Waals surface area (Å²) in [5.74, 6) is -2.36. The summed E-state index contributed by atoms with van der Waals surface area (Å²) in [6, 6.07) is 13.9. The Kier molecular flexibility index (Phi) is 6.88. The molecule has 0 bridgehead atoms. The molecule has 8 heteroatoms. The van der Waals surface area contributed by atoms with Gasteiger partial charge in [-0.05, 0) is 43.3 Å². The highest BCUT2D eigenvalue weighted by Gasteiger charge is 2.16. The minimum Gasteiger partial charge on any atom is -0.478 e. The lowest BCUT2D eigenvalue weighted by Crippen LogP contribution is -2.17. The molecule has 0 radical (unpaired) electrons. The fraction of sp³-hybridized carbons (Fsp3) is 0.100. The normalized spacial score (nSPS) is 10.5. The molecule has 8 nitrogen and oxygen atoms in total. The monoisotopic (exact) mass is 379 g/mol. The number of esters is 1. The molecule has 0 unspecified atom stereocenters. The average molecular weight is 379 g/mol. The van der Waals surface area contributed by atoms with E-state index < -0.39 is 17.8 Å². The number of carboxylic acids is 1. The van der Waals surface area contributed by atoms with Crippen molar-refractivity contribution in [1.29, 1.82) is 5.26 Å². The van der Waals surface area contributed by atoms with Gasteiger partial charge in [0.25, 0.3) is 5.91 Å². The van der Waals surface area contributed by atoms with Gasteiger partial charge in [0.15, 0.2) is 0 Å². The third-order valence-electron chi connectivity index (χ3n) is 3.55. The van der Waals surface area contributed by atoms with Crippen LogP contribution in [0.5, 0.6) is 0 Å². The van der Waals surface area contributed by atoms with Crippen molar-refractivity contribution >= 4 is 29.2 Å². The van der Waals surface area contributed by atoms with E-state index in [1.807, 2.05) is 0 Å². The van der Waals surface area contributed by atoms with Gasteiger partial charge in [0.05, 0.1) is 23.4 Å². The molecule has 0 spiro atoms. The van der Waals surface area contributed by atoms with Crippen LogP contribution in [0.4, 0.5) is 11.4 Å². The lowest BCUT2D eigenvalue weighted by atomic mass is 10.1. The van der Waals surface area contributed by atoms with Crippen LogP contribution in [0.3, 0.4) is 0 Å². The van der Waals surface area contributed by atoms with Crippen LogP contribution in [0.1, 0.15) is 27.6 Å². The predicted molar refractivity (Wildman–Crippen MR) is 102 cm³/mol. The summed E-state index contributed by atoms with van der Waals surface area (Å²) < 4.78 is 4.94. The van der Waals surface area contributed by atoms with Crippen molar-refractivity contribution in [2.75, 3.05) is 17.2 Å². The maximum Gasteiger partial charge on any atom is 0.340 e. The molecule has 3 N–H and O–H groups in total. The molecule has 2 aromatic carbocycles. The number of amides is 1. The molecule has 0 aromatic heterocycles. The molecular weight excluding hydrogens is 362 g/mol. The van der Waals surface area contributed by atoms with Gasteiger partial charge in [-0.15, -0.1) is 0 Å². The standard InChI is InChI=1S/C20H17N3O5/c1-2-28-20(27)16-5-3-4-6-17(16)23-18(24)14(11-21)12-22-15-9-7-13(8-10-15)19(25)26/h3-10,12,22H,2H2,1H3,(H,23,24)(H,25,26)/b14-12-. The third kappa shape index (κ3) is 5.19. The second-order valence-corrected chi connectivity index (χ2v) is 5.42. The third-order valence-corrected chi connectivity index (χ3v) is 3.55. The smallest absolute Gasteiger partial charge is 0.340 e. The summed E-state index contributed by atoms with van der Waals surface area (Å²) in [6.07, 6.45) is 1.19. The molecule has 0 aliphatic rings. The van der Waals surface area contributed by atoms with Gasteiger partial charge in [0.2, 0.25) is 0 Å². The first kappa shape index (κ1) is 20.2. The van der Waals surface area contributed by atoms with Gasteiger partial charge in [-0.2, -0.15) is 5.26 Å². The maximum absolute atomic E-state index is 12.4. The molecule has 0 aliphatic heterocycles. The van der Waals surface area contributed by atoms with Crippen molar-refractivity contribution in [2.24, 2.45) is 0 Å². The lowest BCUT2D eigenvalue weighted by Gasteiger charge is -2.10. The number of para-hydroxylation sites is 1. The van der Waals surface area contributed by atoms with E-state index in [1.54, 1.807) is 25.1 Å². The first-order valence-corrected chi connectivity index (χ1v) is 8.24. The van der Waals surface area contributed by atoms with Crippen molar-refractivity contribution < 1.29 is 24.2 Å². The van der Waals surface area contributed by atoms with Crippen LogP contribution in [0.15, 0.2) is 60.3 Å². The summed E-state index contributed by atoms with van der Waals surface area (Å²) in [4.78, 5) is 35.2. The molecule has 28 heavy (non-hydrogen) atoms. The number of rotatable bonds is 7. The van der Waals surface area contributed by atoms with Gasteiger partial charge in [-0.3, -0.25) is 4.79 Å². The zero-order chi connectivity index (χ0) is 20.5. The number of nitriles is 1. The van der Waals surface area contributed by atoms with E-state index in [0.29, 0.717) is 5.69 Å². The minimum atomic E-state index is -1.06.